The van der Waals surface area contributed by atoms with Gasteiger partial charge in [-0.2, -0.15) is 5.21 Å². The summed E-state index contributed by atoms with van der Waals surface area (Å²) in [6, 6.07) is 14.7. The van der Waals surface area contributed by atoms with E-state index in [0.717, 1.165) is 43.2 Å². The van der Waals surface area contributed by atoms with Crippen LogP contribution in [0.4, 0.5) is 0 Å². The lowest BCUT2D eigenvalue weighted by Gasteiger charge is -2.47. The van der Waals surface area contributed by atoms with Crippen molar-refractivity contribution in [1.82, 2.24) is 30.8 Å². The van der Waals surface area contributed by atoms with Gasteiger partial charge in [-0.25, -0.2) is 0 Å². The van der Waals surface area contributed by atoms with Crippen molar-refractivity contribution in [2.24, 2.45) is 16.3 Å². The number of carbonyl (C=O) groups excluding carboxylic acids is 2. The van der Waals surface area contributed by atoms with Crippen LogP contribution < -0.4 is 5.32 Å². The van der Waals surface area contributed by atoms with Gasteiger partial charge < -0.3 is 10.2 Å². The smallest absolute Gasteiger partial charge is 0.275 e. The van der Waals surface area contributed by atoms with E-state index in [4.69, 9.17) is 16.6 Å². The van der Waals surface area contributed by atoms with Crippen molar-refractivity contribution >= 4 is 29.1 Å². The summed E-state index contributed by atoms with van der Waals surface area (Å²) in [6.45, 7) is 9.15. The number of hydrogen-bond donors (Lipinski definition) is 2. The highest BCUT2D eigenvalue weighted by Gasteiger charge is 2.52. The summed E-state index contributed by atoms with van der Waals surface area (Å²) in [5.74, 6) is 0.687. The summed E-state index contributed by atoms with van der Waals surface area (Å²) < 4.78 is 0. The largest absolute Gasteiger partial charge is 0.345 e. The molecule has 1 aromatic heterocycles. The summed E-state index contributed by atoms with van der Waals surface area (Å²) in [5, 5.41) is 17.0. The standard InChI is InChI=1S/C30H36ClN7O2/c1-5-24(19-9-11-20(12-10-19)27(39)32-18-25-34-36-37-35-25)38-28(40)26(21-7-6-8-23(31)17-21)33-30(38)15-13-22(14-16-30)29(2,3)4/h6-12,17,22,24H,5,13-16,18H2,1-4H3,(H,32,39)(H,34,35,36,37)/t22?,24-,30?/m1/s1. The third-order valence-electron chi connectivity index (χ3n) is 8.35. The number of nitrogens with one attached hydrogen (secondary N) is 2. The molecule has 1 atom stereocenters. The molecule has 210 valence electrons. The van der Waals surface area contributed by atoms with E-state index in [0.29, 0.717) is 28.0 Å². The molecule has 1 aliphatic heterocycles. The molecule has 1 fully saturated rings. The molecule has 5 rings (SSSR count). The molecule has 1 saturated carbocycles. The van der Waals surface area contributed by atoms with Crippen LogP contribution in [0.5, 0.6) is 0 Å². The summed E-state index contributed by atoms with van der Waals surface area (Å²) in [6.07, 6.45) is 4.37. The molecule has 9 nitrogen and oxygen atoms in total. The fraction of sp³-hybridized carbons (Fsp3) is 0.467. The number of aromatic amines is 1. The van der Waals surface area contributed by atoms with E-state index in [9.17, 15) is 9.59 Å². The van der Waals surface area contributed by atoms with Crippen LogP contribution >= 0.6 is 11.6 Å². The first-order valence-corrected chi connectivity index (χ1v) is 14.3. The molecule has 2 aromatic carbocycles. The molecular formula is C30H36ClN7O2. The number of aliphatic imine (C=N–C) groups is 1. The fourth-order valence-corrected chi connectivity index (χ4v) is 6.30. The zero-order chi connectivity index (χ0) is 28.5. The van der Waals surface area contributed by atoms with Crippen molar-refractivity contribution in [2.45, 2.75) is 78.0 Å². The fourth-order valence-electron chi connectivity index (χ4n) is 6.11. The minimum absolute atomic E-state index is 0.0646. The Morgan fingerprint density at radius 3 is 2.50 bits per heavy atom. The normalized spacial score (nSPS) is 21.9. The summed E-state index contributed by atoms with van der Waals surface area (Å²) >= 11 is 6.31. The first-order valence-electron chi connectivity index (χ1n) is 13.9. The SMILES string of the molecule is CC[C@H](c1ccc(C(=O)NCc2nn[nH]n2)cc1)N1C(=O)C(c2cccc(Cl)c2)=NC12CCC(C(C)(C)C)CC2. The summed E-state index contributed by atoms with van der Waals surface area (Å²) in [5.41, 5.74) is 2.33. The Kier molecular flexibility index (Phi) is 7.77. The molecule has 40 heavy (non-hydrogen) atoms. The maximum atomic E-state index is 14.2. The van der Waals surface area contributed by atoms with Crippen LogP contribution in [0.25, 0.3) is 0 Å². The van der Waals surface area contributed by atoms with Crippen LogP contribution in [0.15, 0.2) is 53.5 Å². The van der Waals surface area contributed by atoms with Crippen molar-refractivity contribution in [3.05, 3.63) is 76.1 Å². The summed E-state index contributed by atoms with van der Waals surface area (Å²) in [4.78, 5) is 34.1. The lowest BCUT2D eigenvalue weighted by atomic mass is 9.69. The predicted molar refractivity (Wildman–Crippen MR) is 154 cm³/mol. The first kappa shape index (κ1) is 28.0. The molecule has 1 spiro atoms. The quantitative estimate of drug-likeness (QED) is 0.395. The van der Waals surface area contributed by atoms with Crippen molar-refractivity contribution in [3.8, 4) is 0 Å². The predicted octanol–water partition coefficient (Wildman–Crippen LogP) is 5.50. The van der Waals surface area contributed by atoms with Gasteiger partial charge in [-0.15, -0.1) is 10.2 Å². The van der Waals surface area contributed by atoms with Gasteiger partial charge in [0, 0.05) is 16.1 Å². The zero-order valence-electron chi connectivity index (χ0n) is 23.4. The Morgan fingerprint density at radius 1 is 1.18 bits per heavy atom. The van der Waals surface area contributed by atoms with Crippen molar-refractivity contribution < 1.29 is 9.59 Å². The van der Waals surface area contributed by atoms with Crippen molar-refractivity contribution in [1.29, 1.82) is 0 Å². The molecule has 3 aromatic rings. The highest BCUT2D eigenvalue weighted by molar-refractivity contribution is 6.47. The Bertz CT molecular complexity index is 1390. The Labute approximate surface area is 239 Å². The second-order valence-electron chi connectivity index (χ2n) is 11.8. The lowest BCUT2D eigenvalue weighted by molar-refractivity contribution is -0.133. The lowest BCUT2D eigenvalue weighted by Crippen LogP contribution is -2.51. The molecule has 0 saturated heterocycles. The number of aromatic nitrogens is 4. The number of carbonyl (C=O) groups is 2. The number of nitrogens with zero attached hydrogens (tertiary/aromatic N) is 5. The molecule has 2 aliphatic rings. The van der Waals surface area contributed by atoms with Gasteiger partial charge in [-0.1, -0.05) is 68.8 Å². The average Bonchev–Trinajstić information content (AvgIpc) is 3.55. The Balaban J connectivity index is 1.43. The topological polar surface area (TPSA) is 116 Å². The van der Waals surface area contributed by atoms with Gasteiger partial charge in [0.2, 0.25) is 0 Å². The average molecular weight is 562 g/mol. The van der Waals surface area contributed by atoms with Crippen LogP contribution in [-0.2, 0) is 11.3 Å². The van der Waals surface area contributed by atoms with Gasteiger partial charge in [-0.3, -0.25) is 14.6 Å². The molecule has 10 heteroatoms. The minimum atomic E-state index is -0.599. The number of hydrogen-bond acceptors (Lipinski definition) is 6. The van der Waals surface area contributed by atoms with E-state index in [2.05, 4.69) is 53.6 Å². The van der Waals surface area contributed by atoms with Gasteiger partial charge in [0.1, 0.15) is 11.4 Å². The Hall–Kier alpha value is -3.59. The number of halogens is 1. The van der Waals surface area contributed by atoms with Crippen LogP contribution in [0.2, 0.25) is 5.02 Å². The van der Waals surface area contributed by atoms with E-state index in [-0.39, 0.29) is 29.8 Å². The molecule has 0 unspecified atom stereocenters. The minimum Gasteiger partial charge on any atom is -0.345 e. The monoisotopic (exact) mass is 561 g/mol. The van der Waals surface area contributed by atoms with E-state index in [1.165, 1.54) is 0 Å². The van der Waals surface area contributed by atoms with E-state index < -0.39 is 5.66 Å². The van der Waals surface area contributed by atoms with E-state index >= 15 is 0 Å². The van der Waals surface area contributed by atoms with Crippen LogP contribution in [0.3, 0.4) is 0 Å². The number of H-pyrrole nitrogens is 1. The Morgan fingerprint density at radius 2 is 1.90 bits per heavy atom. The van der Waals surface area contributed by atoms with Gasteiger partial charge in [0.05, 0.1) is 12.6 Å². The molecular weight excluding hydrogens is 526 g/mol. The second kappa shape index (κ2) is 11.1. The maximum absolute atomic E-state index is 14.2. The van der Waals surface area contributed by atoms with Gasteiger partial charge in [0.15, 0.2) is 5.82 Å². The molecule has 0 radical (unpaired) electrons. The third kappa shape index (κ3) is 5.52. The zero-order valence-corrected chi connectivity index (χ0v) is 24.2. The molecule has 1 aliphatic carbocycles. The van der Waals surface area contributed by atoms with Crippen LogP contribution in [-0.4, -0.2) is 48.7 Å². The maximum Gasteiger partial charge on any atom is 0.275 e. The summed E-state index contributed by atoms with van der Waals surface area (Å²) in [7, 11) is 0. The number of tetrazole rings is 1. The van der Waals surface area contributed by atoms with Crippen LogP contribution in [0.1, 0.15) is 93.2 Å². The second-order valence-corrected chi connectivity index (χ2v) is 12.3. The third-order valence-corrected chi connectivity index (χ3v) is 8.59. The van der Waals surface area contributed by atoms with Gasteiger partial charge in [-0.05, 0) is 73.3 Å². The molecule has 2 amide bonds. The van der Waals surface area contributed by atoms with Crippen LogP contribution in [0, 0.1) is 11.3 Å². The number of benzene rings is 2. The number of rotatable bonds is 7. The highest BCUT2D eigenvalue weighted by Crippen LogP contribution is 2.49. The highest BCUT2D eigenvalue weighted by atomic mass is 35.5. The van der Waals surface area contributed by atoms with Crippen molar-refractivity contribution in [2.75, 3.05) is 0 Å². The van der Waals surface area contributed by atoms with Gasteiger partial charge in [0.25, 0.3) is 11.8 Å². The molecule has 2 N–H and O–H groups in total. The molecule has 0 bridgehead atoms. The van der Waals surface area contributed by atoms with Crippen molar-refractivity contribution in [3.63, 3.8) is 0 Å². The van der Waals surface area contributed by atoms with Gasteiger partial charge >= 0.3 is 0 Å². The van der Waals surface area contributed by atoms with E-state index in [1.807, 2.05) is 41.3 Å². The first-order chi connectivity index (χ1) is 19.1. The van der Waals surface area contributed by atoms with E-state index in [1.54, 1.807) is 12.1 Å². The number of amides is 2. The molecule has 2 heterocycles.